The molecule has 0 aliphatic carbocycles. The Balaban J connectivity index is 2.49. The summed E-state index contributed by atoms with van der Waals surface area (Å²) in [5, 5.41) is 0. The van der Waals surface area contributed by atoms with Crippen molar-refractivity contribution in [3.63, 3.8) is 0 Å². The molecular weight excluding hydrogens is 141 g/mol. The quantitative estimate of drug-likeness (QED) is 0.566. The highest BCUT2D eigenvalue weighted by atomic mass is 19.1. The van der Waals surface area contributed by atoms with Crippen LogP contribution in [0.3, 0.4) is 0 Å². The van der Waals surface area contributed by atoms with E-state index in [1.807, 2.05) is 20.8 Å². The molecule has 0 aromatic heterocycles. The molecule has 11 heavy (non-hydrogen) atoms. The summed E-state index contributed by atoms with van der Waals surface area (Å²) < 4.78 is 13.8. The normalized spacial score (nSPS) is 24.8. The van der Waals surface area contributed by atoms with Crippen molar-refractivity contribution in [1.82, 2.24) is 4.90 Å². The van der Waals surface area contributed by atoms with E-state index >= 15 is 0 Å². The van der Waals surface area contributed by atoms with E-state index in [1.54, 1.807) is 0 Å². The number of alkyl halides is 1. The number of halogens is 1. The third-order valence-corrected chi connectivity index (χ3v) is 2.74. The Morgan fingerprint density at radius 1 is 1.36 bits per heavy atom. The van der Waals surface area contributed by atoms with Crippen LogP contribution >= 0.6 is 0 Å². The third-order valence-electron chi connectivity index (χ3n) is 2.74. The van der Waals surface area contributed by atoms with Gasteiger partial charge in [-0.1, -0.05) is 27.7 Å². The highest BCUT2D eigenvalue weighted by molar-refractivity contribution is 5.03. The zero-order chi connectivity index (χ0) is 8.70. The van der Waals surface area contributed by atoms with Crippen molar-refractivity contribution >= 4 is 0 Å². The molecule has 66 valence electrons. The van der Waals surface area contributed by atoms with Gasteiger partial charge in [0.25, 0.3) is 0 Å². The molecular formula is C9H18FN. The molecule has 1 aliphatic rings. The highest BCUT2D eigenvalue weighted by Crippen LogP contribution is 2.41. The van der Waals surface area contributed by atoms with Crippen LogP contribution in [-0.4, -0.2) is 30.2 Å². The van der Waals surface area contributed by atoms with Crippen LogP contribution in [0.15, 0.2) is 0 Å². The van der Waals surface area contributed by atoms with Crippen molar-refractivity contribution in [2.24, 2.45) is 5.41 Å². The molecule has 0 N–H and O–H groups in total. The second-order valence-corrected chi connectivity index (χ2v) is 4.52. The summed E-state index contributed by atoms with van der Waals surface area (Å²) in [5.74, 6) is 0. The summed E-state index contributed by atoms with van der Waals surface area (Å²) in [5.41, 5.74) is -1.14. The molecule has 1 fully saturated rings. The summed E-state index contributed by atoms with van der Waals surface area (Å²) in [6.45, 7) is 10.2. The van der Waals surface area contributed by atoms with E-state index in [0.29, 0.717) is 13.1 Å². The van der Waals surface area contributed by atoms with Gasteiger partial charge in [0.1, 0.15) is 5.67 Å². The van der Waals surface area contributed by atoms with E-state index in [0.717, 1.165) is 6.54 Å². The van der Waals surface area contributed by atoms with Crippen LogP contribution in [0.4, 0.5) is 4.39 Å². The monoisotopic (exact) mass is 159 g/mol. The second kappa shape index (κ2) is 2.44. The molecule has 0 atom stereocenters. The maximum atomic E-state index is 13.8. The molecule has 1 nitrogen and oxygen atoms in total. The van der Waals surface area contributed by atoms with Gasteiger partial charge in [-0.25, -0.2) is 4.39 Å². The number of hydrogen-bond acceptors (Lipinski definition) is 1. The summed E-state index contributed by atoms with van der Waals surface area (Å²) >= 11 is 0. The van der Waals surface area contributed by atoms with Crippen molar-refractivity contribution in [3.8, 4) is 0 Å². The first-order valence-electron chi connectivity index (χ1n) is 4.30. The van der Waals surface area contributed by atoms with E-state index in [9.17, 15) is 4.39 Å². The molecule has 0 saturated carbocycles. The molecule has 1 saturated heterocycles. The van der Waals surface area contributed by atoms with Gasteiger partial charge >= 0.3 is 0 Å². The van der Waals surface area contributed by atoms with Gasteiger partial charge < -0.3 is 0 Å². The van der Waals surface area contributed by atoms with Gasteiger partial charge in [-0.15, -0.1) is 0 Å². The van der Waals surface area contributed by atoms with Gasteiger partial charge in [-0.05, 0) is 12.0 Å². The van der Waals surface area contributed by atoms with E-state index in [-0.39, 0.29) is 5.41 Å². The Hall–Kier alpha value is -0.110. The molecule has 1 aliphatic heterocycles. The van der Waals surface area contributed by atoms with Gasteiger partial charge in [-0.3, -0.25) is 4.90 Å². The molecule has 0 amide bonds. The summed E-state index contributed by atoms with van der Waals surface area (Å²) in [4.78, 5) is 2.13. The first-order chi connectivity index (χ1) is 4.89. The minimum atomic E-state index is -0.941. The average molecular weight is 159 g/mol. The topological polar surface area (TPSA) is 3.24 Å². The average Bonchev–Trinajstić information content (AvgIpc) is 1.78. The van der Waals surface area contributed by atoms with Crippen LogP contribution in [0.25, 0.3) is 0 Å². The molecule has 0 spiro atoms. The van der Waals surface area contributed by atoms with Crippen molar-refractivity contribution < 1.29 is 4.39 Å². The number of rotatable bonds is 1. The number of nitrogens with zero attached hydrogens (tertiary/aromatic N) is 1. The molecule has 1 heterocycles. The molecule has 0 radical (unpaired) electrons. The fraction of sp³-hybridized carbons (Fsp3) is 1.00. The Morgan fingerprint density at radius 3 is 2.09 bits per heavy atom. The number of likely N-dealkylation sites (tertiary alicyclic amines) is 1. The van der Waals surface area contributed by atoms with E-state index in [1.165, 1.54) is 0 Å². The minimum Gasteiger partial charge on any atom is -0.297 e. The lowest BCUT2D eigenvalue weighted by Gasteiger charge is -2.51. The van der Waals surface area contributed by atoms with Crippen LogP contribution in [0.1, 0.15) is 27.7 Å². The molecule has 1 rings (SSSR count). The predicted octanol–water partition coefficient (Wildman–Crippen LogP) is 2.08. The lowest BCUT2D eigenvalue weighted by atomic mass is 9.73. The van der Waals surface area contributed by atoms with Crippen LogP contribution in [0, 0.1) is 5.41 Å². The van der Waals surface area contributed by atoms with Crippen molar-refractivity contribution in [1.29, 1.82) is 0 Å². The fourth-order valence-electron chi connectivity index (χ4n) is 1.36. The van der Waals surface area contributed by atoms with Crippen molar-refractivity contribution in [2.75, 3.05) is 19.6 Å². The smallest absolute Gasteiger partial charge is 0.141 e. The lowest BCUT2D eigenvalue weighted by molar-refractivity contribution is -0.102. The second-order valence-electron chi connectivity index (χ2n) is 4.52. The number of hydrogen-bond donors (Lipinski definition) is 0. The SMILES string of the molecule is CCN1CC(F)(C(C)(C)C)C1. The zero-order valence-corrected chi connectivity index (χ0v) is 7.95. The van der Waals surface area contributed by atoms with Gasteiger partial charge in [0.05, 0.1) is 0 Å². The highest BCUT2D eigenvalue weighted by Gasteiger charge is 2.51. The largest absolute Gasteiger partial charge is 0.297 e. The van der Waals surface area contributed by atoms with Crippen molar-refractivity contribution in [2.45, 2.75) is 33.4 Å². The Kier molecular flexibility index (Phi) is 1.99. The Morgan fingerprint density at radius 2 is 1.82 bits per heavy atom. The summed E-state index contributed by atoms with van der Waals surface area (Å²) in [7, 11) is 0. The molecule has 0 unspecified atom stereocenters. The van der Waals surface area contributed by atoms with Crippen LogP contribution in [0.5, 0.6) is 0 Å². The molecule has 2 heteroatoms. The van der Waals surface area contributed by atoms with Gasteiger partial charge in [0.2, 0.25) is 0 Å². The van der Waals surface area contributed by atoms with Crippen LogP contribution in [-0.2, 0) is 0 Å². The molecule has 0 aromatic carbocycles. The molecule has 0 bridgehead atoms. The standard InChI is InChI=1S/C9H18FN/c1-5-11-6-9(10,7-11)8(2,3)4/h5-7H2,1-4H3. The Bertz CT molecular complexity index is 142. The zero-order valence-electron chi connectivity index (χ0n) is 7.95. The maximum Gasteiger partial charge on any atom is 0.141 e. The van der Waals surface area contributed by atoms with Crippen molar-refractivity contribution in [3.05, 3.63) is 0 Å². The Labute approximate surface area is 68.6 Å². The minimum absolute atomic E-state index is 0.196. The summed E-state index contributed by atoms with van der Waals surface area (Å²) in [6.07, 6.45) is 0. The van der Waals surface area contributed by atoms with E-state index < -0.39 is 5.67 Å². The van der Waals surface area contributed by atoms with Gasteiger partial charge in [-0.2, -0.15) is 0 Å². The third kappa shape index (κ3) is 1.41. The van der Waals surface area contributed by atoms with E-state index in [2.05, 4.69) is 11.8 Å². The summed E-state index contributed by atoms with van der Waals surface area (Å²) in [6, 6.07) is 0. The maximum absolute atomic E-state index is 13.8. The predicted molar refractivity (Wildman–Crippen MR) is 45.4 cm³/mol. The first kappa shape index (κ1) is 8.98. The lowest BCUT2D eigenvalue weighted by Crippen LogP contribution is -2.64. The molecule has 0 aromatic rings. The van der Waals surface area contributed by atoms with Gasteiger partial charge in [0.15, 0.2) is 0 Å². The van der Waals surface area contributed by atoms with Crippen LogP contribution in [0.2, 0.25) is 0 Å². The first-order valence-corrected chi connectivity index (χ1v) is 4.30. The fourth-order valence-corrected chi connectivity index (χ4v) is 1.36. The van der Waals surface area contributed by atoms with Gasteiger partial charge in [0, 0.05) is 13.1 Å². The van der Waals surface area contributed by atoms with E-state index in [4.69, 9.17) is 0 Å². The van der Waals surface area contributed by atoms with Crippen LogP contribution < -0.4 is 0 Å².